The number of aromatic nitrogens is 3. The van der Waals surface area contributed by atoms with E-state index in [4.69, 9.17) is 9.72 Å². The fourth-order valence-electron chi connectivity index (χ4n) is 5.46. The van der Waals surface area contributed by atoms with Crippen molar-refractivity contribution in [3.63, 3.8) is 0 Å². The average molecular weight is 541 g/mol. The molecule has 2 aliphatic rings. The molecule has 3 aromatic rings. The van der Waals surface area contributed by atoms with Gasteiger partial charge in [0.15, 0.2) is 0 Å². The zero-order valence-corrected chi connectivity index (χ0v) is 23.1. The van der Waals surface area contributed by atoms with Crippen LogP contribution in [0.5, 0.6) is 0 Å². The maximum Gasteiger partial charge on any atom is 0.227 e. The number of sulfone groups is 1. The molecule has 38 heavy (non-hydrogen) atoms. The highest BCUT2D eigenvalue weighted by Crippen LogP contribution is 2.37. The highest BCUT2D eigenvalue weighted by Gasteiger charge is 2.31. The predicted octanol–water partition coefficient (Wildman–Crippen LogP) is 2.96. The van der Waals surface area contributed by atoms with Gasteiger partial charge in [0.25, 0.3) is 0 Å². The van der Waals surface area contributed by atoms with Gasteiger partial charge in [-0.15, -0.1) is 0 Å². The van der Waals surface area contributed by atoms with E-state index in [0.29, 0.717) is 43.0 Å². The fourth-order valence-corrected chi connectivity index (χ4v) is 6.53. The molecule has 0 bridgehead atoms. The molecule has 204 valence electrons. The zero-order chi connectivity index (χ0) is 27.0. The van der Waals surface area contributed by atoms with Crippen LogP contribution in [0.3, 0.4) is 0 Å². The minimum atomic E-state index is -2.98. The second-order valence-electron chi connectivity index (χ2n) is 10.8. The van der Waals surface area contributed by atoms with E-state index in [1.54, 1.807) is 19.4 Å². The Labute approximate surface area is 224 Å². The number of pyridine rings is 1. The van der Waals surface area contributed by atoms with E-state index in [1.807, 2.05) is 11.1 Å². The van der Waals surface area contributed by atoms with Gasteiger partial charge in [0, 0.05) is 68.9 Å². The van der Waals surface area contributed by atoms with Gasteiger partial charge in [-0.3, -0.25) is 0 Å². The normalized spacial score (nSPS) is 20.7. The molecule has 0 spiro atoms. The molecule has 10 nitrogen and oxygen atoms in total. The first-order chi connectivity index (χ1) is 18.1. The van der Waals surface area contributed by atoms with Crippen LogP contribution in [0.2, 0.25) is 0 Å². The van der Waals surface area contributed by atoms with Crippen molar-refractivity contribution in [3.05, 3.63) is 42.2 Å². The van der Waals surface area contributed by atoms with Crippen molar-refractivity contribution in [2.24, 2.45) is 5.92 Å². The smallest absolute Gasteiger partial charge is 0.227 e. The first-order valence-electron chi connectivity index (χ1n) is 13.0. The molecule has 2 aromatic heterocycles. The summed E-state index contributed by atoms with van der Waals surface area (Å²) in [5.41, 5.74) is 2.30. The van der Waals surface area contributed by atoms with Crippen LogP contribution < -0.4 is 15.1 Å². The molecule has 2 N–H and O–H groups in total. The van der Waals surface area contributed by atoms with Crippen LogP contribution in [0.15, 0.2) is 36.7 Å². The van der Waals surface area contributed by atoms with Crippen molar-refractivity contribution in [2.45, 2.75) is 38.4 Å². The van der Waals surface area contributed by atoms with Gasteiger partial charge in [-0.2, -0.15) is 4.98 Å². The quantitative estimate of drug-likeness (QED) is 0.441. The molecule has 0 aliphatic carbocycles. The standard InChI is InChI=1S/C27H36N6O4S/c1-17(2)19-5-6-22(33-13-18(14-33)16-38(4,35)36)21-12-29-26(11-20(19)21)30-25-7-9-28-27(31-25)32-10-8-24(37-3)23(34)15-32/h5-7,9,11-12,17-18,23-24,34H,8,10,13-16H2,1-4H3,(H,28,29,30,31). The summed E-state index contributed by atoms with van der Waals surface area (Å²) in [6.07, 6.45) is 4.83. The largest absolute Gasteiger partial charge is 0.389 e. The summed E-state index contributed by atoms with van der Waals surface area (Å²) in [4.78, 5) is 18.0. The number of anilines is 4. The van der Waals surface area contributed by atoms with E-state index >= 15 is 0 Å². The fraction of sp³-hybridized carbons (Fsp3) is 0.519. The van der Waals surface area contributed by atoms with E-state index in [-0.39, 0.29) is 17.8 Å². The van der Waals surface area contributed by atoms with Gasteiger partial charge in [-0.25, -0.2) is 18.4 Å². The molecule has 11 heteroatoms. The van der Waals surface area contributed by atoms with Crippen LogP contribution in [0.4, 0.5) is 23.3 Å². The second kappa shape index (κ2) is 10.6. The molecule has 5 rings (SSSR count). The number of methoxy groups -OCH3 is 1. The van der Waals surface area contributed by atoms with Gasteiger partial charge in [0.1, 0.15) is 21.5 Å². The number of piperidine rings is 1. The lowest BCUT2D eigenvalue weighted by Crippen LogP contribution is -2.49. The van der Waals surface area contributed by atoms with Crippen molar-refractivity contribution in [2.75, 3.05) is 60.4 Å². The van der Waals surface area contributed by atoms with Crippen molar-refractivity contribution in [3.8, 4) is 0 Å². The number of hydrogen-bond acceptors (Lipinski definition) is 10. The van der Waals surface area contributed by atoms with Crippen molar-refractivity contribution >= 4 is 43.9 Å². The first kappa shape index (κ1) is 26.6. The number of hydrogen-bond donors (Lipinski definition) is 2. The lowest BCUT2D eigenvalue weighted by atomic mass is 9.93. The van der Waals surface area contributed by atoms with Crippen LogP contribution in [-0.2, 0) is 14.6 Å². The highest BCUT2D eigenvalue weighted by molar-refractivity contribution is 7.90. The molecule has 2 saturated heterocycles. The molecular weight excluding hydrogens is 504 g/mol. The van der Waals surface area contributed by atoms with E-state index < -0.39 is 15.9 Å². The summed E-state index contributed by atoms with van der Waals surface area (Å²) >= 11 is 0. The van der Waals surface area contributed by atoms with Gasteiger partial charge in [-0.1, -0.05) is 19.9 Å². The van der Waals surface area contributed by atoms with Gasteiger partial charge >= 0.3 is 0 Å². The minimum Gasteiger partial charge on any atom is -0.389 e. The van der Waals surface area contributed by atoms with E-state index in [9.17, 15) is 13.5 Å². The Hall–Kier alpha value is -3.02. The molecule has 0 radical (unpaired) electrons. The number of benzene rings is 1. The molecular formula is C27H36N6O4S. The number of aliphatic hydroxyl groups is 1. The number of nitrogens with zero attached hydrogens (tertiary/aromatic N) is 5. The Bertz CT molecular complexity index is 1410. The van der Waals surface area contributed by atoms with E-state index in [0.717, 1.165) is 29.5 Å². The van der Waals surface area contributed by atoms with Crippen LogP contribution in [0, 0.1) is 5.92 Å². The minimum absolute atomic E-state index is 0.159. The lowest BCUT2D eigenvalue weighted by Gasteiger charge is -2.41. The van der Waals surface area contributed by atoms with Gasteiger partial charge in [-0.05, 0) is 41.5 Å². The Balaban J connectivity index is 1.37. The van der Waals surface area contributed by atoms with Crippen LogP contribution in [0.25, 0.3) is 10.8 Å². The zero-order valence-electron chi connectivity index (χ0n) is 22.3. The molecule has 2 aliphatic heterocycles. The summed E-state index contributed by atoms with van der Waals surface area (Å²) in [5.74, 6) is 2.56. The van der Waals surface area contributed by atoms with Gasteiger partial charge in [0.05, 0.1) is 18.0 Å². The topological polar surface area (TPSA) is 121 Å². The summed E-state index contributed by atoms with van der Waals surface area (Å²) < 4.78 is 28.7. The van der Waals surface area contributed by atoms with Crippen LogP contribution in [0.1, 0.15) is 31.7 Å². The molecule has 1 aromatic carbocycles. The number of fused-ring (bicyclic) bond motifs is 1. The van der Waals surface area contributed by atoms with Crippen LogP contribution >= 0.6 is 0 Å². The van der Waals surface area contributed by atoms with E-state index in [2.05, 4.69) is 52.2 Å². The third-order valence-electron chi connectivity index (χ3n) is 7.37. The van der Waals surface area contributed by atoms with E-state index in [1.165, 1.54) is 11.8 Å². The number of rotatable bonds is 8. The maximum absolute atomic E-state index is 11.7. The van der Waals surface area contributed by atoms with Gasteiger partial charge < -0.3 is 25.0 Å². The molecule has 0 saturated carbocycles. The third kappa shape index (κ3) is 5.69. The Morgan fingerprint density at radius 3 is 2.58 bits per heavy atom. The number of β-amino-alcohol motifs (C(OH)–C–C–N with tert-alkyl or cyclic N) is 1. The number of ether oxygens (including phenoxy) is 1. The molecule has 0 amide bonds. The molecule has 2 atom stereocenters. The maximum atomic E-state index is 11.7. The average Bonchev–Trinajstić information content (AvgIpc) is 2.85. The highest BCUT2D eigenvalue weighted by atomic mass is 32.2. The van der Waals surface area contributed by atoms with Gasteiger partial charge in [0.2, 0.25) is 5.95 Å². The number of nitrogens with one attached hydrogen (secondary N) is 1. The summed E-state index contributed by atoms with van der Waals surface area (Å²) in [7, 11) is -1.36. The van der Waals surface area contributed by atoms with Crippen molar-refractivity contribution in [1.29, 1.82) is 0 Å². The first-order valence-corrected chi connectivity index (χ1v) is 15.1. The number of aliphatic hydroxyl groups excluding tert-OH is 1. The monoisotopic (exact) mass is 540 g/mol. The summed E-state index contributed by atoms with van der Waals surface area (Å²) in [6, 6.07) is 8.14. The predicted molar refractivity (Wildman–Crippen MR) is 150 cm³/mol. The Morgan fingerprint density at radius 2 is 1.89 bits per heavy atom. The molecule has 2 fully saturated rings. The SMILES string of the molecule is COC1CCN(c2nccc(Nc3cc4c(C(C)C)ccc(N5CC(CS(C)(=O)=O)C5)c4cn3)n2)CC1O. The van der Waals surface area contributed by atoms with Crippen molar-refractivity contribution < 1.29 is 18.3 Å². The van der Waals surface area contributed by atoms with Crippen LogP contribution in [-0.4, -0.2) is 86.0 Å². The second-order valence-corrected chi connectivity index (χ2v) is 12.9. The molecule has 4 heterocycles. The Morgan fingerprint density at radius 1 is 1.11 bits per heavy atom. The summed E-state index contributed by atoms with van der Waals surface area (Å²) in [5, 5.41) is 15.8. The lowest BCUT2D eigenvalue weighted by molar-refractivity contribution is -0.0219. The molecule has 2 unspecified atom stereocenters. The Kier molecular flexibility index (Phi) is 7.43. The van der Waals surface area contributed by atoms with Crippen molar-refractivity contribution in [1.82, 2.24) is 15.0 Å². The third-order valence-corrected chi connectivity index (χ3v) is 8.45. The summed E-state index contributed by atoms with van der Waals surface area (Å²) in [6.45, 7) is 6.91.